The highest BCUT2D eigenvalue weighted by Crippen LogP contribution is 2.34. The van der Waals surface area contributed by atoms with E-state index in [2.05, 4.69) is 0 Å². The molecular formula is C24H15Cl2NO4S. The second-order valence-corrected chi connectivity index (χ2v) is 8.73. The Hall–Kier alpha value is -3.06. The van der Waals surface area contributed by atoms with Gasteiger partial charge >= 0.3 is 5.97 Å². The van der Waals surface area contributed by atoms with E-state index in [1.165, 1.54) is 11.0 Å². The quantitative estimate of drug-likeness (QED) is 0.237. The molecule has 1 aliphatic heterocycles. The van der Waals surface area contributed by atoms with Crippen LogP contribution in [0.1, 0.15) is 21.5 Å². The van der Waals surface area contributed by atoms with E-state index in [0.29, 0.717) is 31.8 Å². The molecule has 0 aliphatic carbocycles. The number of carbonyl (C=O) groups is 3. The number of nitrogens with zero attached hydrogens (tertiary/aromatic N) is 1. The fourth-order valence-electron chi connectivity index (χ4n) is 3.01. The zero-order valence-corrected chi connectivity index (χ0v) is 18.8. The van der Waals surface area contributed by atoms with Gasteiger partial charge in [-0.15, -0.1) is 0 Å². The minimum absolute atomic E-state index is 0.163. The molecule has 0 saturated carbocycles. The number of halogens is 2. The molecule has 0 unspecified atom stereocenters. The van der Waals surface area contributed by atoms with Crippen LogP contribution in [-0.2, 0) is 11.3 Å². The lowest BCUT2D eigenvalue weighted by atomic mass is 10.2. The Labute approximate surface area is 198 Å². The van der Waals surface area contributed by atoms with Gasteiger partial charge in [-0.3, -0.25) is 14.5 Å². The van der Waals surface area contributed by atoms with E-state index in [4.69, 9.17) is 27.9 Å². The van der Waals surface area contributed by atoms with Crippen LogP contribution in [0.2, 0.25) is 10.0 Å². The monoisotopic (exact) mass is 483 g/mol. The number of esters is 1. The van der Waals surface area contributed by atoms with Crippen LogP contribution in [-0.4, -0.2) is 22.0 Å². The molecule has 0 spiro atoms. The summed E-state index contributed by atoms with van der Waals surface area (Å²) >= 11 is 12.7. The number of amides is 2. The standard InChI is InChI=1S/C24H15Cl2NO4S/c25-18-9-7-15(8-10-18)14-27-22(28)21(32-24(27)30)12-16-3-1-6-20(11-16)31-23(29)17-4-2-5-19(26)13-17/h1-13H,14H2/b21-12-. The second-order valence-electron chi connectivity index (χ2n) is 6.87. The molecule has 32 heavy (non-hydrogen) atoms. The molecule has 4 rings (SSSR count). The largest absolute Gasteiger partial charge is 0.423 e. The van der Waals surface area contributed by atoms with E-state index in [1.54, 1.807) is 72.8 Å². The van der Waals surface area contributed by atoms with Gasteiger partial charge in [-0.05, 0) is 71.4 Å². The van der Waals surface area contributed by atoms with Crippen LogP contribution in [0.3, 0.4) is 0 Å². The van der Waals surface area contributed by atoms with Crippen molar-refractivity contribution in [2.24, 2.45) is 0 Å². The lowest BCUT2D eigenvalue weighted by molar-refractivity contribution is -0.123. The van der Waals surface area contributed by atoms with E-state index in [-0.39, 0.29) is 17.7 Å². The van der Waals surface area contributed by atoms with Crippen LogP contribution in [0, 0.1) is 0 Å². The Morgan fingerprint density at radius 1 is 0.938 bits per heavy atom. The van der Waals surface area contributed by atoms with Crippen molar-refractivity contribution < 1.29 is 19.1 Å². The third-order valence-corrected chi connectivity index (χ3v) is 5.95. The first-order valence-electron chi connectivity index (χ1n) is 9.47. The van der Waals surface area contributed by atoms with E-state index in [9.17, 15) is 14.4 Å². The van der Waals surface area contributed by atoms with Crippen molar-refractivity contribution >= 4 is 58.2 Å². The van der Waals surface area contributed by atoms with Crippen molar-refractivity contribution in [3.63, 3.8) is 0 Å². The van der Waals surface area contributed by atoms with E-state index < -0.39 is 5.97 Å². The Kier molecular flexibility index (Phi) is 6.65. The summed E-state index contributed by atoms with van der Waals surface area (Å²) in [6.45, 7) is 0.163. The molecule has 0 N–H and O–H groups in total. The van der Waals surface area contributed by atoms with Crippen LogP contribution in [0.25, 0.3) is 6.08 Å². The predicted octanol–water partition coefficient (Wildman–Crippen LogP) is 6.45. The molecule has 0 atom stereocenters. The number of hydrogen-bond acceptors (Lipinski definition) is 5. The number of rotatable bonds is 5. The van der Waals surface area contributed by atoms with Crippen LogP contribution < -0.4 is 4.74 Å². The molecule has 8 heteroatoms. The molecule has 160 valence electrons. The third-order valence-electron chi connectivity index (χ3n) is 4.55. The summed E-state index contributed by atoms with van der Waals surface area (Å²) in [6.07, 6.45) is 1.60. The topological polar surface area (TPSA) is 63.7 Å². The number of thioether (sulfide) groups is 1. The zero-order chi connectivity index (χ0) is 22.7. The summed E-state index contributed by atoms with van der Waals surface area (Å²) < 4.78 is 5.41. The van der Waals surface area contributed by atoms with Gasteiger partial charge in [0.05, 0.1) is 17.0 Å². The summed E-state index contributed by atoms with van der Waals surface area (Å²) in [5.74, 6) is -0.617. The van der Waals surface area contributed by atoms with Crippen molar-refractivity contribution in [1.29, 1.82) is 0 Å². The van der Waals surface area contributed by atoms with Gasteiger partial charge in [-0.25, -0.2) is 4.79 Å². The summed E-state index contributed by atoms with van der Waals surface area (Å²) in [5.41, 5.74) is 1.75. The lowest BCUT2D eigenvalue weighted by Crippen LogP contribution is -2.27. The van der Waals surface area contributed by atoms with Crippen LogP contribution in [0.4, 0.5) is 4.79 Å². The highest BCUT2D eigenvalue weighted by atomic mass is 35.5. The van der Waals surface area contributed by atoms with Gasteiger partial charge in [0.1, 0.15) is 5.75 Å². The summed E-state index contributed by atoms with van der Waals surface area (Å²) in [7, 11) is 0. The SMILES string of the molecule is O=C(Oc1cccc(/C=C2\SC(=O)N(Cc3ccc(Cl)cc3)C2=O)c1)c1cccc(Cl)c1. The van der Waals surface area contributed by atoms with Gasteiger partial charge in [0.2, 0.25) is 0 Å². The second kappa shape index (κ2) is 9.61. The predicted molar refractivity (Wildman–Crippen MR) is 126 cm³/mol. The molecule has 2 amide bonds. The van der Waals surface area contributed by atoms with Gasteiger partial charge in [0, 0.05) is 10.0 Å². The van der Waals surface area contributed by atoms with Crippen LogP contribution in [0.15, 0.2) is 77.7 Å². The number of ether oxygens (including phenoxy) is 1. The van der Waals surface area contributed by atoms with Crippen molar-refractivity contribution in [1.82, 2.24) is 4.90 Å². The van der Waals surface area contributed by atoms with Crippen molar-refractivity contribution in [3.8, 4) is 5.75 Å². The number of carbonyl (C=O) groups excluding carboxylic acids is 3. The Bertz CT molecular complexity index is 1240. The smallest absolute Gasteiger partial charge is 0.343 e. The molecular weight excluding hydrogens is 469 g/mol. The van der Waals surface area contributed by atoms with Gasteiger partial charge in [0.25, 0.3) is 11.1 Å². The van der Waals surface area contributed by atoms with Gasteiger partial charge < -0.3 is 4.74 Å². The van der Waals surface area contributed by atoms with Crippen LogP contribution in [0.5, 0.6) is 5.75 Å². The molecule has 3 aromatic rings. The first-order chi connectivity index (χ1) is 15.4. The van der Waals surface area contributed by atoms with E-state index in [1.807, 2.05) is 0 Å². The number of benzene rings is 3. The van der Waals surface area contributed by atoms with Gasteiger partial charge in [-0.2, -0.15) is 0 Å². The third kappa shape index (κ3) is 5.22. The molecule has 5 nitrogen and oxygen atoms in total. The van der Waals surface area contributed by atoms with Gasteiger partial charge in [0.15, 0.2) is 0 Å². The molecule has 3 aromatic carbocycles. The van der Waals surface area contributed by atoms with Crippen LogP contribution >= 0.6 is 35.0 Å². The van der Waals surface area contributed by atoms with Gasteiger partial charge in [-0.1, -0.05) is 53.5 Å². The number of hydrogen-bond donors (Lipinski definition) is 0. The maximum Gasteiger partial charge on any atom is 0.343 e. The zero-order valence-electron chi connectivity index (χ0n) is 16.5. The molecule has 1 saturated heterocycles. The molecule has 0 radical (unpaired) electrons. The van der Waals surface area contributed by atoms with E-state index >= 15 is 0 Å². The molecule has 1 fully saturated rings. The Morgan fingerprint density at radius 3 is 2.44 bits per heavy atom. The average molecular weight is 484 g/mol. The minimum atomic E-state index is -0.548. The first-order valence-corrected chi connectivity index (χ1v) is 11.0. The maximum absolute atomic E-state index is 12.8. The maximum atomic E-state index is 12.8. The highest BCUT2D eigenvalue weighted by Gasteiger charge is 2.35. The average Bonchev–Trinajstić information content (AvgIpc) is 3.03. The van der Waals surface area contributed by atoms with E-state index in [0.717, 1.165) is 17.3 Å². The molecule has 1 aliphatic rings. The Morgan fingerprint density at radius 2 is 1.69 bits per heavy atom. The highest BCUT2D eigenvalue weighted by molar-refractivity contribution is 8.18. The lowest BCUT2D eigenvalue weighted by Gasteiger charge is -2.12. The Balaban J connectivity index is 1.49. The molecule has 1 heterocycles. The normalized spacial score (nSPS) is 14.8. The minimum Gasteiger partial charge on any atom is -0.423 e. The first kappa shape index (κ1) is 22.1. The van der Waals surface area contributed by atoms with Crippen molar-refractivity contribution in [2.45, 2.75) is 6.54 Å². The van der Waals surface area contributed by atoms with Crippen molar-refractivity contribution in [3.05, 3.63) is 104 Å². The number of imide groups is 1. The molecule has 0 aromatic heterocycles. The molecule has 0 bridgehead atoms. The summed E-state index contributed by atoms with van der Waals surface area (Å²) in [4.78, 5) is 39.0. The fourth-order valence-corrected chi connectivity index (χ4v) is 4.16. The fraction of sp³-hybridized carbons (Fsp3) is 0.0417. The summed E-state index contributed by atoms with van der Waals surface area (Å²) in [6, 6.07) is 20.1. The van der Waals surface area contributed by atoms with Crippen molar-refractivity contribution in [2.75, 3.05) is 0 Å². The summed E-state index contributed by atoms with van der Waals surface area (Å²) in [5, 5.41) is 0.668.